The van der Waals surface area contributed by atoms with E-state index in [9.17, 15) is 9.59 Å². The highest BCUT2D eigenvalue weighted by Gasteiger charge is 2.39. The molecule has 27 heavy (non-hydrogen) atoms. The molecule has 2 aromatic rings. The van der Waals surface area contributed by atoms with Crippen molar-refractivity contribution < 1.29 is 14.3 Å². The molecule has 0 fully saturated rings. The largest absolute Gasteiger partial charge is 0.497 e. The van der Waals surface area contributed by atoms with Crippen molar-refractivity contribution in [1.29, 1.82) is 0 Å². The number of amides is 1. The van der Waals surface area contributed by atoms with Gasteiger partial charge in [-0.3, -0.25) is 14.5 Å². The average molecular weight is 361 g/mol. The lowest BCUT2D eigenvalue weighted by Gasteiger charge is -2.38. The Labute approximate surface area is 159 Å². The van der Waals surface area contributed by atoms with E-state index in [2.05, 4.69) is 0 Å². The van der Waals surface area contributed by atoms with Gasteiger partial charge in [-0.2, -0.15) is 0 Å². The number of carbonyl (C=O) groups excluding carboxylic acids is 2. The molecule has 1 aliphatic heterocycles. The number of hydrogen-bond acceptors (Lipinski definition) is 3. The molecule has 4 nitrogen and oxygen atoms in total. The van der Waals surface area contributed by atoms with Crippen LogP contribution in [0.3, 0.4) is 0 Å². The molecule has 0 aromatic heterocycles. The average Bonchev–Trinajstić information content (AvgIpc) is 2.68. The van der Waals surface area contributed by atoms with E-state index >= 15 is 0 Å². The zero-order valence-corrected chi connectivity index (χ0v) is 15.7. The molecule has 138 valence electrons. The van der Waals surface area contributed by atoms with E-state index in [1.165, 1.54) is 5.56 Å². The molecular weight excluding hydrogens is 338 g/mol. The minimum absolute atomic E-state index is 0.0299. The fourth-order valence-corrected chi connectivity index (χ4v) is 4.13. The third kappa shape index (κ3) is 3.16. The molecule has 0 saturated heterocycles. The highest BCUT2D eigenvalue weighted by molar-refractivity contribution is 6.07. The van der Waals surface area contributed by atoms with Gasteiger partial charge in [0.25, 0.3) is 0 Å². The number of Topliss-reactive ketones (excluding diaryl/α,β-unsaturated/α-hetero) is 1. The van der Waals surface area contributed by atoms with Gasteiger partial charge in [-0.25, -0.2) is 0 Å². The topological polar surface area (TPSA) is 46.6 Å². The standard InChI is InChI=1S/C23H23NO3/c1-15-9-11-16(12-10-15)19-14-22(26)24(17-5-3-6-18(13-17)27-2)20-7-4-8-21(25)23(19)20/h3,5-6,9-13,19H,4,7-8,14H2,1-2H3. The van der Waals surface area contributed by atoms with Crippen molar-refractivity contribution in [1.82, 2.24) is 0 Å². The second-order valence-corrected chi connectivity index (χ2v) is 7.24. The van der Waals surface area contributed by atoms with Gasteiger partial charge in [0.2, 0.25) is 5.91 Å². The Balaban J connectivity index is 1.84. The molecule has 2 aromatic carbocycles. The molecule has 0 bridgehead atoms. The van der Waals surface area contributed by atoms with E-state index in [0.717, 1.165) is 35.4 Å². The number of rotatable bonds is 3. The van der Waals surface area contributed by atoms with Crippen LogP contribution in [0.5, 0.6) is 5.75 Å². The Morgan fingerprint density at radius 2 is 1.81 bits per heavy atom. The van der Waals surface area contributed by atoms with Gasteiger partial charge in [-0.1, -0.05) is 35.9 Å². The van der Waals surface area contributed by atoms with Gasteiger partial charge in [0.1, 0.15) is 5.75 Å². The molecule has 4 rings (SSSR count). The van der Waals surface area contributed by atoms with E-state index in [0.29, 0.717) is 18.6 Å². The molecule has 2 aliphatic rings. The molecule has 1 amide bonds. The third-order valence-electron chi connectivity index (χ3n) is 5.47. The molecule has 1 aliphatic carbocycles. The molecule has 4 heteroatoms. The smallest absolute Gasteiger partial charge is 0.232 e. The van der Waals surface area contributed by atoms with Crippen LogP contribution in [0, 0.1) is 6.92 Å². The Hall–Kier alpha value is -2.88. The first-order valence-electron chi connectivity index (χ1n) is 9.38. The summed E-state index contributed by atoms with van der Waals surface area (Å²) in [6.07, 6.45) is 2.39. The minimum Gasteiger partial charge on any atom is -0.497 e. The molecule has 0 N–H and O–H groups in total. The Kier molecular flexibility index (Phi) is 4.56. The van der Waals surface area contributed by atoms with Crippen molar-refractivity contribution in [2.24, 2.45) is 0 Å². The summed E-state index contributed by atoms with van der Waals surface area (Å²) in [7, 11) is 1.61. The van der Waals surface area contributed by atoms with Crippen molar-refractivity contribution in [2.45, 2.75) is 38.5 Å². The number of benzene rings is 2. The summed E-state index contributed by atoms with van der Waals surface area (Å²) in [4.78, 5) is 27.7. The molecule has 1 unspecified atom stereocenters. The lowest BCUT2D eigenvalue weighted by atomic mass is 9.77. The van der Waals surface area contributed by atoms with Crippen LogP contribution in [0.25, 0.3) is 0 Å². The summed E-state index contributed by atoms with van der Waals surface area (Å²) in [5.41, 5.74) is 4.66. The molecule has 0 saturated carbocycles. The highest BCUT2D eigenvalue weighted by atomic mass is 16.5. The first kappa shape index (κ1) is 17.5. The molecule has 1 heterocycles. The van der Waals surface area contributed by atoms with Crippen LogP contribution in [0.2, 0.25) is 0 Å². The fraction of sp³-hybridized carbons (Fsp3) is 0.304. The normalized spacial score (nSPS) is 19.9. The number of ketones is 1. The lowest BCUT2D eigenvalue weighted by Crippen LogP contribution is -2.40. The van der Waals surface area contributed by atoms with Crippen LogP contribution in [0.15, 0.2) is 59.8 Å². The number of ether oxygens (including phenoxy) is 1. The zero-order valence-electron chi connectivity index (χ0n) is 15.7. The summed E-state index contributed by atoms with van der Waals surface area (Å²) >= 11 is 0. The maximum absolute atomic E-state index is 13.1. The molecule has 0 spiro atoms. The molecular formula is C23H23NO3. The predicted octanol–water partition coefficient (Wildman–Crippen LogP) is 4.53. The van der Waals surface area contributed by atoms with E-state index < -0.39 is 0 Å². The summed E-state index contributed by atoms with van der Waals surface area (Å²) < 4.78 is 5.32. The van der Waals surface area contributed by atoms with Gasteiger partial charge in [-0.05, 0) is 37.5 Å². The summed E-state index contributed by atoms with van der Waals surface area (Å²) in [5.74, 6) is 0.748. The zero-order chi connectivity index (χ0) is 19.0. The Bertz CT molecular complexity index is 927. The lowest BCUT2D eigenvalue weighted by molar-refractivity contribution is -0.119. The van der Waals surface area contributed by atoms with E-state index in [4.69, 9.17) is 4.74 Å². The van der Waals surface area contributed by atoms with E-state index in [1.54, 1.807) is 12.0 Å². The number of aryl methyl sites for hydroxylation is 1. The Morgan fingerprint density at radius 3 is 2.56 bits per heavy atom. The minimum atomic E-state index is -0.150. The summed E-state index contributed by atoms with van der Waals surface area (Å²) in [5, 5.41) is 0. The number of anilines is 1. The van der Waals surface area contributed by atoms with Crippen LogP contribution >= 0.6 is 0 Å². The second kappa shape index (κ2) is 7.03. The van der Waals surface area contributed by atoms with E-state index in [-0.39, 0.29) is 17.6 Å². The summed E-state index contributed by atoms with van der Waals surface area (Å²) in [6.45, 7) is 2.04. The predicted molar refractivity (Wildman–Crippen MR) is 105 cm³/mol. The van der Waals surface area contributed by atoms with Gasteiger partial charge >= 0.3 is 0 Å². The van der Waals surface area contributed by atoms with Gasteiger partial charge in [0.15, 0.2) is 5.78 Å². The quantitative estimate of drug-likeness (QED) is 0.807. The molecule has 1 atom stereocenters. The monoisotopic (exact) mass is 361 g/mol. The Morgan fingerprint density at radius 1 is 1.04 bits per heavy atom. The van der Waals surface area contributed by atoms with Gasteiger partial charge in [-0.15, -0.1) is 0 Å². The van der Waals surface area contributed by atoms with Gasteiger partial charge < -0.3 is 4.74 Å². The third-order valence-corrected chi connectivity index (χ3v) is 5.47. The SMILES string of the molecule is COc1cccc(N2C(=O)CC(c3ccc(C)cc3)C3=C2CCCC3=O)c1. The van der Waals surface area contributed by atoms with Crippen LogP contribution in [-0.2, 0) is 9.59 Å². The number of hydrogen-bond donors (Lipinski definition) is 0. The van der Waals surface area contributed by atoms with Crippen molar-refractivity contribution in [3.8, 4) is 5.75 Å². The van der Waals surface area contributed by atoms with Crippen molar-refractivity contribution in [3.05, 3.63) is 70.9 Å². The van der Waals surface area contributed by atoms with Crippen LogP contribution < -0.4 is 9.64 Å². The van der Waals surface area contributed by atoms with Crippen molar-refractivity contribution in [2.75, 3.05) is 12.0 Å². The van der Waals surface area contributed by atoms with Crippen molar-refractivity contribution >= 4 is 17.4 Å². The number of methoxy groups -OCH3 is 1. The first-order valence-corrected chi connectivity index (χ1v) is 9.38. The number of carbonyl (C=O) groups is 2. The maximum atomic E-state index is 13.1. The maximum Gasteiger partial charge on any atom is 0.232 e. The molecule has 0 radical (unpaired) electrons. The van der Waals surface area contributed by atoms with Crippen LogP contribution in [-0.4, -0.2) is 18.8 Å². The summed E-state index contributed by atoms with van der Waals surface area (Å²) in [6, 6.07) is 15.7. The fourth-order valence-electron chi connectivity index (χ4n) is 4.13. The first-order chi connectivity index (χ1) is 13.1. The number of nitrogens with zero attached hydrogens (tertiary/aromatic N) is 1. The van der Waals surface area contributed by atoms with Gasteiger partial charge in [0.05, 0.1) is 12.8 Å². The second-order valence-electron chi connectivity index (χ2n) is 7.24. The van der Waals surface area contributed by atoms with Crippen molar-refractivity contribution in [3.63, 3.8) is 0 Å². The van der Waals surface area contributed by atoms with Gasteiger partial charge in [0, 0.05) is 36.1 Å². The highest BCUT2D eigenvalue weighted by Crippen LogP contribution is 2.43. The van der Waals surface area contributed by atoms with Crippen LogP contribution in [0.1, 0.15) is 42.7 Å². The van der Waals surface area contributed by atoms with E-state index in [1.807, 2.05) is 55.5 Å². The van der Waals surface area contributed by atoms with Crippen LogP contribution in [0.4, 0.5) is 5.69 Å². The number of allylic oxidation sites excluding steroid dienone is 2.